The van der Waals surface area contributed by atoms with E-state index in [4.69, 9.17) is 0 Å². The van der Waals surface area contributed by atoms with E-state index >= 15 is 0 Å². The van der Waals surface area contributed by atoms with E-state index in [1.165, 1.54) is 65.0 Å². The molecule has 3 fully saturated rings. The minimum atomic E-state index is 0.747. The average molecular weight is 335 g/mol. The van der Waals surface area contributed by atoms with Crippen LogP contribution in [0.15, 0.2) is 0 Å². The first-order valence-electron chi connectivity index (χ1n) is 6.63. The lowest BCUT2D eigenvalue weighted by Crippen LogP contribution is -2.58. The fourth-order valence-electron chi connectivity index (χ4n) is 3.61. The summed E-state index contributed by atoms with van der Waals surface area (Å²) in [4.78, 5) is 2.72. The van der Waals surface area contributed by atoms with Gasteiger partial charge in [-0.2, -0.15) is 0 Å². The summed E-state index contributed by atoms with van der Waals surface area (Å²) in [5, 5.41) is 3.45. The summed E-state index contributed by atoms with van der Waals surface area (Å²) in [6, 6.07) is 0.919. The molecule has 4 heteroatoms. The van der Waals surface area contributed by atoms with Crippen molar-refractivity contribution in [3.63, 3.8) is 0 Å². The van der Waals surface area contributed by atoms with Crippen LogP contribution < -0.4 is 5.32 Å². The summed E-state index contributed by atoms with van der Waals surface area (Å²) < 4.78 is 2.46. The third-order valence-corrected chi connectivity index (χ3v) is 5.74. The lowest BCUT2D eigenvalue weighted by atomic mass is 9.60. The first-order valence-corrected chi connectivity index (χ1v) is 7.59. The normalized spacial score (nSPS) is 32.8. The Morgan fingerprint density at radius 3 is 2.25 bits per heavy atom. The second-order valence-corrected chi connectivity index (χ2v) is 7.12. The third-order valence-electron chi connectivity index (χ3n) is 4.77. The van der Waals surface area contributed by atoms with Crippen molar-refractivity contribution in [1.29, 1.82) is 0 Å². The Hall–Kier alpha value is 0.610. The maximum Gasteiger partial charge on any atom is 0.0201 e. The Kier molecular flexibility index (Phi) is 3.44. The molecule has 16 heavy (non-hydrogen) atoms. The minimum absolute atomic E-state index is 0.747. The number of piperidine rings is 1. The van der Waals surface area contributed by atoms with E-state index in [0.717, 1.165) is 11.5 Å². The zero-order valence-electron chi connectivity index (χ0n) is 9.92. The highest BCUT2D eigenvalue weighted by Gasteiger charge is 2.47. The molecule has 2 heterocycles. The Morgan fingerprint density at radius 2 is 1.62 bits per heavy atom. The van der Waals surface area contributed by atoms with E-state index in [1.807, 2.05) is 0 Å². The van der Waals surface area contributed by atoms with Gasteiger partial charge in [0.25, 0.3) is 0 Å². The molecule has 3 aliphatic rings. The van der Waals surface area contributed by atoms with Crippen molar-refractivity contribution in [2.75, 3.05) is 39.3 Å². The molecule has 2 saturated heterocycles. The van der Waals surface area contributed by atoms with Gasteiger partial charge in [-0.3, -0.25) is 4.90 Å². The first-order chi connectivity index (χ1) is 7.77. The van der Waals surface area contributed by atoms with Crippen molar-refractivity contribution in [2.24, 2.45) is 5.41 Å². The van der Waals surface area contributed by atoms with E-state index in [9.17, 15) is 0 Å². The molecular formula is C12H22IN3. The Morgan fingerprint density at radius 1 is 1.00 bits per heavy atom. The smallest absolute Gasteiger partial charge is 0.0201 e. The van der Waals surface area contributed by atoms with E-state index in [0.29, 0.717) is 0 Å². The number of nitrogens with one attached hydrogen (secondary N) is 1. The van der Waals surface area contributed by atoms with Crippen LogP contribution in [0.25, 0.3) is 0 Å². The van der Waals surface area contributed by atoms with Crippen LogP contribution in [0.1, 0.15) is 25.7 Å². The molecule has 1 saturated carbocycles. The highest BCUT2D eigenvalue weighted by Crippen LogP contribution is 2.51. The standard InChI is InChI=1S/C12H22IN3/c13-16-5-1-12(2-6-16)9-11(10-12)15-7-3-14-4-8-15/h11,14H,1-10H2. The van der Waals surface area contributed by atoms with Crippen molar-refractivity contribution < 1.29 is 0 Å². The summed E-state index contributed by atoms with van der Waals surface area (Å²) in [6.45, 7) is 7.58. The lowest BCUT2D eigenvalue weighted by Gasteiger charge is -2.55. The highest BCUT2D eigenvalue weighted by molar-refractivity contribution is 14.1. The summed E-state index contributed by atoms with van der Waals surface area (Å²) >= 11 is 2.48. The van der Waals surface area contributed by atoms with Gasteiger partial charge in [0.1, 0.15) is 0 Å². The van der Waals surface area contributed by atoms with Crippen LogP contribution in [-0.4, -0.2) is 53.3 Å². The fraction of sp³-hybridized carbons (Fsp3) is 1.00. The highest BCUT2D eigenvalue weighted by atomic mass is 127. The molecule has 1 N–H and O–H groups in total. The summed E-state index contributed by atoms with van der Waals surface area (Å²) in [6.07, 6.45) is 5.85. The summed E-state index contributed by atoms with van der Waals surface area (Å²) in [5.74, 6) is 0. The molecule has 3 nitrogen and oxygen atoms in total. The Labute approximate surface area is 112 Å². The Bertz CT molecular complexity index is 237. The largest absolute Gasteiger partial charge is 0.314 e. The molecule has 0 radical (unpaired) electrons. The number of halogens is 1. The molecule has 1 spiro atoms. The predicted molar refractivity (Wildman–Crippen MR) is 74.7 cm³/mol. The van der Waals surface area contributed by atoms with Gasteiger partial charge < -0.3 is 5.32 Å². The van der Waals surface area contributed by atoms with E-state index in [-0.39, 0.29) is 0 Å². The fourth-order valence-corrected chi connectivity index (χ4v) is 4.09. The van der Waals surface area contributed by atoms with Crippen LogP contribution in [0.5, 0.6) is 0 Å². The quantitative estimate of drug-likeness (QED) is 0.579. The molecular weight excluding hydrogens is 313 g/mol. The molecule has 1 aliphatic carbocycles. The minimum Gasteiger partial charge on any atom is -0.314 e. The summed E-state index contributed by atoms with van der Waals surface area (Å²) in [5.41, 5.74) is 0.747. The van der Waals surface area contributed by atoms with Crippen LogP contribution in [0.2, 0.25) is 0 Å². The van der Waals surface area contributed by atoms with Gasteiger partial charge in [-0.25, -0.2) is 3.11 Å². The summed E-state index contributed by atoms with van der Waals surface area (Å²) in [7, 11) is 0. The molecule has 0 aromatic carbocycles. The van der Waals surface area contributed by atoms with E-state index < -0.39 is 0 Å². The molecule has 0 aromatic rings. The molecule has 0 amide bonds. The van der Waals surface area contributed by atoms with Gasteiger partial charge in [-0.1, -0.05) is 0 Å². The van der Waals surface area contributed by atoms with Gasteiger partial charge in [-0.15, -0.1) is 0 Å². The van der Waals surface area contributed by atoms with Crippen LogP contribution in [0.4, 0.5) is 0 Å². The van der Waals surface area contributed by atoms with Crippen molar-refractivity contribution >= 4 is 22.9 Å². The molecule has 0 aromatic heterocycles. The van der Waals surface area contributed by atoms with Crippen molar-refractivity contribution in [3.05, 3.63) is 0 Å². The molecule has 2 aliphatic heterocycles. The van der Waals surface area contributed by atoms with Crippen molar-refractivity contribution in [2.45, 2.75) is 31.7 Å². The number of hydrogen-bond acceptors (Lipinski definition) is 3. The van der Waals surface area contributed by atoms with Crippen molar-refractivity contribution in [1.82, 2.24) is 13.3 Å². The van der Waals surface area contributed by atoms with Crippen LogP contribution >= 0.6 is 22.9 Å². The van der Waals surface area contributed by atoms with E-state index in [2.05, 4.69) is 36.2 Å². The molecule has 0 unspecified atom stereocenters. The van der Waals surface area contributed by atoms with Crippen molar-refractivity contribution in [3.8, 4) is 0 Å². The zero-order valence-corrected chi connectivity index (χ0v) is 12.1. The second-order valence-electron chi connectivity index (χ2n) is 5.76. The number of nitrogens with zero attached hydrogens (tertiary/aromatic N) is 2. The number of piperazine rings is 1. The third kappa shape index (κ3) is 2.26. The number of rotatable bonds is 1. The van der Waals surface area contributed by atoms with Crippen LogP contribution in [-0.2, 0) is 0 Å². The topological polar surface area (TPSA) is 18.5 Å². The average Bonchev–Trinajstić information content (AvgIpc) is 2.29. The maximum absolute atomic E-state index is 3.45. The maximum atomic E-state index is 3.45. The van der Waals surface area contributed by atoms with Gasteiger partial charge in [-0.05, 0) is 31.1 Å². The molecule has 0 bridgehead atoms. The molecule has 0 atom stereocenters. The monoisotopic (exact) mass is 335 g/mol. The first kappa shape index (κ1) is 11.7. The zero-order chi connectivity index (χ0) is 11.0. The van der Waals surface area contributed by atoms with Gasteiger partial charge in [0, 0.05) is 68.2 Å². The number of hydrogen-bond donors (Lipinski definition) is 1. The van der Waals surface area contributed by atoms with Crippen LogP contribution in [0, 0.1) is 5.41 Å². The Balaban J connectivity index is 1.49. The van der Waals surface area contributed by atoms with Gasteiger partial charge in [0.15, 0.2) is 0 Å². The lowest BCUT2D eigenvalue weighted by molar-refractivity contribution is -0.0319. The molecule has 92 valence electrons. The SMILES string of the molecule is IN1CCC2(CC1)CC(N1CCNCC1)C2. The molecule has 3 rings (SSSR count). The van der Waals surface area contributed by atoms with Gasteiger partial charge >= 0.3 is 0 Å². The van der Waals surface area contributed by atoms with Gasteiger partial charge in [0.2, 0.25) is 0 Å². The van der Waals surface area contributed by atoms with Gasteiger partial charge in [0.05, 0.1) is 0 Å². The van der Waals surface area contributed by atoms with Crippen LogP contribution in [0.3, 0.4) is 0 Å². The second kappa shape index (κ2) is 4.71. The van der Waals surface area contributed by atoms with E-state index in [1.54, 1.807) is 0 Å². The predicted octanol–water partition coefficient (Wildman–Crippen LogP) is 1.49.